The lowest BCUT2D eigenvalue weighted by molar-refractivity contribution is -0.150. The van der Waals surface area contributed by atoms with Crippen molar-refractivity contribution in [1.82, 2.24) is 0 Å². The molecule has 0 amide bonds. The predicted molar refractivity (Wildman–Crippen MR) is 78.2 cm³/mol. The summed E-state index contributed by atoms with van der Waals surface area (Å²) in [6.45, 7) is 1.72. The Balaban J connectivity index is 1.96. The van der Waals surface area contributed by atoms with Gasteiger partial charge < -0.3 is 9.47 Å². The molecule has 0 bridgehead atoms. The van der Waals surface area contributed by atoms with Gasteiger partial charge in [0.25, 0.3) is 0 Å². The number of esters is 4. The molecule has 0 saturated heterocycles. The highest BCUT2D eigenvalue weighted by Crippen LogP contribution is 2.24. The van der Waals surface area contributed by atoms with Crippen LogP contribution >= 0.6 is 0 Å². The number of hydrogen-bond donors (Lipinski definition) is 0. The molecule has 0 radical (unpaired) electrons. The maximum Gasteiger partial charge on any atom is 0.346 e. The maximum atomic E-state index is 11.7. The summed E-state index contributed by atoms with van der Waals surface area (Å²) in [5.41, 5.74) is 1.26. The number of cyclic esters (lactones) is 4. The van der Waals surface area contributed by atoms with Crippen LogP contribution in [0.5, 0.6) is 0 Å². The minimum absolute atomic E-state index is 0.132. The summed E-state index contributed by atoms with van der Waals surface area (Å²) in [7, 11) is 0. The van der Waals surface area contributed by atoms with Crippen LogP contribution in [0, 0.1) is 0 Å². The zero-order valence-corrected chi connectivity index (χ0v) is 12.0. The molecular weight excluding hydrogens is 300 g/mol. The van der Waals surface area contributed by atoms with Crippen molar-refractivity contribution in [1.29, 1.82) is 0 Å². The second-order valence-corrected chi connectivity index (χ2v) is 4.82. The maximum absolute atomic E-state index is 11.7. The Morgan fingerprint density at radius 2 is 1.35 bits per heavy atom. The van der Waals surface area contributed by atoms with Crippen molar-refractivity contribution in [2.24, 2.45) is 0 Å². The van der Waals surface area contributed by atoms with E-state index in [1.54, 1.807) is 25.1 Å². The van der Waals surface area contributed by atoms with E-state index in [9.17, 15) is 19.2 Å². The average molecular weight is 310 g/mol. The third-order valence-corrected chi connectivity index (χ3v) is 3.36. The van der Waals surface area contributed by atoms with Crippen molar-refractivity contribution in [2.45, 2.75) is 6.92 Å². The quantitative estimate of drug-likeness (QED) is 0.626. The number of carbonyl (C=O) groups excluding carboxylic acids is 4. The smallest absolute Gasteiger partial charge is 0.346 e. The van der Waals surface area contributed by atoms with E-state index in [0.29, 0.717) is 5.56 Å². The van der Waals surface area contributed by atoms with Gasteiger partial charge in [0.2, 0.25) is 0 Å². The Kier molecular flexibility index (Phi) is 3.50. The fourth-order valence-corrected chi connectivity index (χ4v) is 2.28. The fraction of sp³-hybridized carbons (Fsp3) is 0.0588. The standard InChI is InChI=1S/C17H10O6/c1-2-3-10-11(15(19)22-14(10)18)6-4-9-5-7-12-13(8-9)17(21)23-16(12)20/h2-8H,1H3/b3-2-,6-4+. The van der Waals surface area contributed by atoms with Crippen LogP contribution in [0.4, 0.5) is 0 Å². The van der Waals surface area contributed by atoms with E-state index < -0.39 is 23.9 Å². The largest absolute Gasteiger partial charge is 0.386 e. The van der Waals surface area contributed by atoms with Gasteiger partial charge >= 0.3 is 23.9 Å². The van der Waals surface area contributed by atoms with Crippen LogP contribution in [0.3, 0.4) is 0 Å². The van der Waals surface area contributed by atoms with Gasteiger partial charge in [-0.3, -0.25) is 0 Å². The van der Waals surface area contributed by atoms with E-state index >= 15 is 0 Å². The highest BCUT2D eigenvalue weighted by Gasteiger charge is 2.30. The molecule has 0 fully saturated rings. The lowest BCUT2D eigenvalue weighted by Gasteiger charge is -1.96. The summed E-state index contributed by atoms with van der Waals surface area (Å²) in [6.07, 6.45) is 6.10. The summed E-state index contributed by atoms with van der Waals surface area (Å²) < 4.78 is 9.06. The second kappa shape index (κ2) is 5.49. The molecule has 1 aromatic carbocycles. The van der Waals surface area contributed by atoms with Gasteiger partial charge in [-0.2, -0.15) is 0 Å². The summed E-state index contributed by atoms with van der Waals surface area (Å²) in [5, 5.41) is 0. The monoisotopic (exact) mass is 310 g/mol. The number of hydrogen-bond acceptors (Lipinski definition) is 6. The normalized spacial score (nSPS) is 17.4. The second-order valence-electron chi connectivity index (χ2n) is 4.82. The summed E-state index contributed by atoms with van der Waals surface area (Å²) in [6, 6.07) is 4.56. The average Bonchev–Trinajstić information content (AvgIpc) is 2.94. The van der Waals surface area contributed by atoms with Gasteiger partial charge in [-0.25, -0.2) is 19.2 Å². The first kappa shape index (κ1) is 14.6. The van der Waals surface area contributed by atoms with Crippen LogP contribution in [-0.4, -0.2) is 23.9 Å². The molecule has 2 heterocycles. The van der Waals surface area contributed by atoms with E-state index in [4.69, 9.17) is 0 Å². The van der Waals surface area contributed by atoms with Gasteiger partial charge in [0, 0.05) is 0 Å². The van der Waals surface area contributed by atoms with Gasteiger partial charge in [-0.1, -0.05) is 24.3 Å². The van der Waals surface area contributed by atoms with Crippen LogP contribution in [-0.2, 0) is 19.1 Å². The van der Waals surface area contributed by atoms with Crippen molar-refractivity contribution < 1.29 is 28.7 Å². The third-order valence-electron chi connectivity index (χ3n) is 3.36. The van der Waals surface area contributed by atoms with Crippen molar-refractivity contribution in [3.63, 3.8) is 0 Å². The summed E-state index contributed by atoms with van der Waals surface area (Å²) in [4.78, 5) is 46.1. The molecule has 6 nitrogen and oxygen atoms in total. The van der Waals surface area contributed by atoms with Gasteiger partial charge in [0.1, 0.15) is 0 Å². The Morgan fingerprint density at radius 1 is 0.739 bits per heavy atom. The zero-order valence-electron chi connectivity index (χ0n) is 12.0. The SMILES string of the molecule is C/C=C\C1=C(/C=C/c2ccc3c(c2)C(=O)OC3=O)C(=O)OC1=O. The lowest BCUT2D eigenvalue weighted by Crippen LogP contribution is -2.01. The predicted octanol–water partition coefficient (Wildman–Crippen LogP) is 1.97. The molecule has 0 saturated carbocycles. The van der Waals surface area contributed by atoms with Crippen LogP contribution in [0.25, 0.3) is 6.08 Å². The van der Waals surface area contributed by atoms with Gasteiger partial charge in [-0.05, 0) is 30.7 Å². The Hall–Kier alpha value is -3.28. The molecule has 0 aromatic heterocycles. The molecule has 0 spiro atoms. The van der Waals surface area contributed by atoms with Crippen LogP contribution < -0.4 is 0 Å². The number of carbonyl (C=O) groups is 4. The molecule has 6 heteroatoms. The lowest BCUT2D eigenvalue weighted by atomic mass is 10.0. The van der Waals surface area contributed by atoms with E-state index in [2.05, 4.69) is 9.47 Å². The van der Waals surface area contributed by atoms with Crippen LogP contribution in [0.2, 0.25) is 0 Å². The summed E-state index contributed by atoms with van der Waals surface area (Å²) in [5.74, 6) is -2.81. The first-order valence-electron chi connectivity index (χ1n) is 6.73. The molecule has 3 rings (SSSR count). The van der Waals surface area contributed by atoms with Gasteiger partial charge in [0.05, 0.1) is 22.3 Å². The number of rotatable bonds is 3. The van der Waals surface area contributed by atoms with Crippen LogP contribution in [0.15, 0.2) is 47.6 Å². The van der Waals surface area contributed by atoms with E-state index in [-0.39, 0.29) is 22.3 Å². The van der Waals surface area contributed by atoms with Crippen LogP contribution in [0.1, 0.15) is 33.2 Å². The highest BCUT2D eigenvalue weighted by molar-refractivity contribution is 6.16. The third kappa shape index (κ3) is 2.50. The topological polar surface area (TPSA) is 86.7 Å². The minimum Gasteiger partial charge on any atom is -0.386 e. The Labute approximate surface area is 130 Å². The zero-order chi connectivity index (χ0) is 16.6. The number of fused-ring (bicyclic) bond motifs is 1. The molecule has 2 aliphatic heterocycles. The first-order chi connectivity index (χ1) is 11.0. The van der Waals surface area contributed by atoms with Crippen molar-refractivity contribution in [3.8, 4) is 0 Å². The fourth-order valence-electron chi connectivity index (χ4n) is 2.28. The van der Waals surface area contributed by atoms with Gasteiger partial charge in [-0.15, -0.1) is 0 Å². The molecule has 114 valence electrons. The Bertz CT molecular complexity index is 854. The molecule has 0 atom stereocenters. The molecule has 0 N–H and O–H groups in total. The summed E-state index contributed by atoms with van der Waals surface area (Å²) >= 11 is 0. The molecule has 23 heavy (non-hydrogen) atoms. The van der Waals surface area contributed by atoms with E-state index in [0.717, 1.165) is 0 Å². The number of allylic oxidation sites excluding steroid dienone is 1. The number of benzene rings is 1. The molecular formula is C17H10O6. The first-order valence-corrected chi connectivity index (χ1v) is 6.73. The Morgan fingerprint density at radius 3 is 2.04 bits per heavy atom. The van der Waals surface area contributed by atoms with Crippen molar-refractivity contribution in [2.75, 3.05) is 0 Å². The molecule has 1 aromatic rings. The molecule has 2 aliphatic rings. The van der Waals surface area contributed by atoms with E-state index in [1.807, 2.05) is 0 Å². The van der Waals surface area contributed by atoms with Crippen molar-refractivity contribution in [3.05, 3.63) is 64.3 Å². The highest BCUT2D eigenvalue weighted by atomic mass is 16.6. The molecule has 0 aliphatic carbocycles. The van der Waals surface area contributed by atoms with E-state index in [1.165, 1.54) is 24.3 Å². The minimum atomic E-state index is -0.727. The molecule has 0 unspecified atom stereocenters. The van der Waals surface area contributed by atoms with Crippen molar-refractivity contribution >= 4 is 30.0 Å². The number of ether oxygens (including phenoxy) is 2. The van der Waals surface area contributed by atoms with Gasteiger partial charge in [0.15, 0.2) is 0 Å².